The van der Waals surface area contributed by atoms with Crippen molar-refractivity contribution in [1.29, 1.82) is 0 Å². The van der Waals surface area contributed by atoms with Gasteiger partial charge in [-0.25, -0.2) is 4.79 Å². The second-order valence-corrected chi connectivity index (χ2v) is 3.70. The summed E-state index contributed by atoms with van der Waals surface area (Å²) in [6.45, 7) is 5.08. The van der Waals surface area contributed by atoms with Crippen molar-refractivity contribution in [2.24, 2.45) is 0 Å². The van der Waals surface area contributed by atoms with Crippen molar-refractivity contribution in [3.63, 3.8) is 0 Å². The number of ether oxygens (including phenoxy) is 1. The summed E-state index contributed by atoms with van der Waals surface area (Å²) < 4.78 is 5.89. The Bertz CT molecular complexity index is 340. The van der Waals surface area contributed by atoms with Crippen LogP contribution in [0.5, 0.6) is 5.75 Å². The van der Waals surface area contributed by atoms with E-state index >= 15 is 0 Å². The first-order valence-corrected chi connectivity index (χ1v) is 5.54. The zero-order valence-electron chi connectivity index (χ0n) is 8.74. The molecule has 0 aliphatic rings. The summed E-state index contributed by atoms with van der Waals surface area (Å²) in [5, 5.41) is 0. The Hall–Kier alpha value is -1.10. The quantitative estimate of drug-likeness (QED) is 0.850. The zero-order valence-corrected chi connectivity index (χ0v) is 10.3. The van der Waals surface area contributed by atoms with E-state index in [1.807, 2.05) is 13.8 Å². The second kappa shape index (κ2) is 5.70. The number of amides is 1. The van der Waals surface area contributed by atoms with E-state index in [-0.39, 0.29) is 6.09 Å². The molecule has 0 bridgehead atoms. The van der Waals surface area contributed by atoms with Gasteiger partial charge in [-0.1, -0.05) is 0 Å². The van der Waals surface area contributed by atoms with Gasteiger partial charge in [0, 0.05) is 19.3 Å². The van der Waals surface area contributed by atoms with Gasteiger partial charge in [0.05, 0.1) is 10.7 Å². The Kier molecular flexibility index (Phi) is 4.55. The van der Waals surface area contributed by atoms with E-state index in [0.29, 0.717) is 18.8 Å². The molecule has 0 atom stereocenters. The summed E-state index contributed by atoms with van der Waals surface area (Å²) >= 11 is 3.28. The van der Waals surface area contributed by atoms with Crippen molar-refractivity contribution < 1.29 is 9.53 Å². The Balaban J connectivity index is 2.70. The fourth-order valence-corrected chi connectivity index (χ4v) is 1.38. The lowest BCUT2D eigenvalue weighted by molar-refractivity contribution is 0.157. The SMILES string of the molecule is CCN(CC)C(=O)Oc1cnccc1Br. The summed E-state index contributed by atoms with van der Waals surface area (Å²) in [5.74, 6) is 0.439. The molecule has 0 radical (unpaired) electrons. The highest BCUT2D eigenvalue weighted by Crippen LogP contribution is 2.23. The molecule has 0 fully saturated rings. The Morgan fingerprint density at radius 2 is 2.20 bits per heavy atom. The van der Waals surface area contributed by atoms with Crippen LogP contribution >= 0.6 is 15.9 Å². The van der Waals surface area contributed by atoms with E-state index < -0.39 is 0 Å². The summed E-state index contributed by atoms with van der Waals surface area (Å²) in [6, 6.07) is 1.73. The number of aromatic nitrogens is 1. The van der Waals surface area contributed by atoms with Crippen LogP contribution in [0.4, 0.5) is 4.79 Å². The average molecular weight is 273 g/mol. The normalized spacial score (nSPS) is 9.80. The molecule has 0 spiro atoms. The molecule has 4 nitrogen and oxygen atoms in total. The third-order valence-corrected chi connectivity index (χ3v) is 2.61. The van der Waals surface area contributed by atoms with Gasteiger partial charge in [-0.3, -0.25) is 4.98 Å². The summed E-state index contributed by atoms with van der Waals surface area (Å²) in [4.78, 5) is 17.1. The third kappa shape index (κ3) is 3.20. The number of carbonyl (C=O) groups excluding carboxylic acids is 1. The molecule has 82 valence electrons. The molecule has 1 heterocycles. The van der Waals surface area contributed by atoms with Crippen LogP contribution in [-0.2, 0) is 0 Å². The van der Waals surface area contributed by atoms with Crippen molar-refractivity contribution in [3.05, 3.63) is 22.9 Å². The number of halogens is 1. The van der Waals surface area contributed by atoms with E-state index in [1.165, 1.54) is 6.20 Å². The van der Waals surface area contributed by atoms with Crippen LogP contribution in [0.15, 0.2) is 22.9 Å². The largest absolute Gasteiger partial charge is 0.415 e. The fraction of sp³-hybridized carbons (Fsp3) is 0.400. The third-order valence-electron chi connectivity index (χ3n) is 1.95. The number of hydrogen-bond donors (Lipinski definition) is 0. The molecule has 0 aliphatic heterocycles. The van der Waals surface area contributed by atoms with Crippen LogP contribution in [0.3, 0.4) is 0 Å². The second-order valence-electron chi connectivity index (χ2n) is 2.85. The van der Waals surface area contributed by atoms with Crippen LogP contribution < -0.4 is 4.74 Å². The maximum Gasteiger partial charge on any atom is 0.415 e. The lowest BCUT2D eigenvalue weighted by Gasteiger charge is -2.17. The van der Waals surface area contributed by atoms with E-state index in [4.69, 9.17) is 4.74 Å². The van der Waals surface area contributed by atoms with Crippen LogP contribution in [0.2, 0.25) is 0 Å². The smallest absolute Gasteiger partial charge is 0.407 e. The lowest BCUT2D eigenvalue weighted by atomic mass is 10.5. The van der Waals surface area contributed by atoms with Crippen molar-refractivity contribution in [2.75, 3.05) is 13.1 Å². The van der Waals surface area contributed by atoms with Gasteiger partial charge in [-0.15, -0.1) is 0 Å². The molecule has 1 amide bonds. The number of nitrogens with zero attached hydrogens (tertiary/aromatic N) is 2. The van der Waals surface area contributed by atoms with Gasteiger partial charge in [-0.05, 0) is 35.8 Å². The predicted molar refractivity (Wildman–Crippen MR) is 60.9 cm³/mol. The number of carbonyl (C=O) groups is 1. The minimum absolute atomic E-state index is 0.353. The summed E-state index contributed by atoms with van der Waals surface area (Å²) in [7, 11) is 0. The maximum absolute atomic E-state index is 11.6. The summed E-state index contributed by atoms with van der Waals surface area (Å²) in [5.41, 5.74) is 0. The molecular weight excluding hydrogens is 260 g/mol. The molecule has 0 unspecified atom stereocenters. The topological polar surface area (TPSA) is 42.4 Å². The highest BCUT2D eigenvalue weighted by atomic mass is 79.9. The molecule has 15 heavy (non-hydrogen) atoms. The number of rotatable bonds is 3. The highest BCUT2D eigenvalue weighted by Gasteiger charge is 2.13. The van der Waals surface area contributed by atoms with Crippen molar-refractivity contribution >= 4 is 22.0 Å². The molecule has 1 aromatic rings. The first-order chi connectivity index (χ1) is 7.19. The predicted octanol–water partition coefficient (Wildman–Crippen LogP) is 2.68. The minimum atomic E-state index is -0.353. The van der Waals surface area contributed by atoms with E-state index in [1.54, 1.807) is 17.2 Å². The Morgan fingerprint density at radius 3 is 2.73 bits per heavy atom. The Labute approximate surface area is 97.4 Å². The van der Waals surface area contributed by atoms with Gasteiger partial charge < -0.3 is 9.64 Å². The molecular formula is C10H13BrN2O2. The van der Waals surface area contributed by atoms with E-state index in [2.05, 4.69) is 20.9 Å². The maximum atomic E-state index is 11.6. The van der Waals surface area contributed by atoms with E-state index in [0.717, 1.165) is 4.47 Å². The van der Waals surface area contributed by atoms with Gasteiger partial charge in [0.15, 0.2) is 5.75 Å². The minimum Gasteiger partial charge on any atom is -0.407 e. The van der Waals surface area contributed by atoms with E-state index in [9.17, 15) is 4.79 Å². The van der Waals surface area contributed by atoms with Gasteiger partial charge in [0.2, 0.25) is 0 Å². The van der Waals surface area contributed by atoms with Gasteiger partial charge in [-0.2, -0.15) is 0 Å². The van der Waals surface area contributed by atoms with Crippen molar-refractivity contribution in [3.8, 4) is 5.75 Å². The van der Waals surface area contributed by atoms with Crippen LogP contribution in [-0.4, -0.2) is 29.1 Å². The lowest BCUT2D eigenvalue weighted by Crippen LogP contribution is -2.33. The first kappa shape index (κ1) is 12.0. The molecule has 1 rings (SSSR count). The highest BCUT2D eigenvalue weighted by molar-refractivity contribution is 9.10. The first-order valence-electron chi connectivity index (χ1n) is 4.75. The van der Waals surface area contributed by atoms with Gasteiger partial charge in [0.1, 0.15) is 0 Å². The average Bonchev–Trinajstić information content (AvgIpc) is 2.23. The zero-order chi connectivity index (χ0) is 11.3. The monoisotopic (exact) mass is 272 g/mol. The fourth-order valence-electron chi connectivity index (χ4n) is 1.08. The number of pyridine rings is 1. The molecule has 0 N–H and O–H groups in total. The van der Waals surface area contributed by atoms with Crippen molar-refractivity contribution in [1.82, 2.24) is 9.88 Å². The van der Waals surface area contributed by atoms with Crippen LogP contribution in [0.1, 0.15) is 13.8 Å². The standard InChI is InChI=1S/C10H13BrN2O2/c1-3-13(4-2)10(14)15-9-7-12-6-5-8(9)11/h5-7H,3-4H2,1-2H3. The molecule has 0 saturated carbocycles. The van der Waals surface area contributed by atoms with Gasteiger partial charge >= 0.3 is 6.09 Å². The molecule has 5 heteroatoms. The Morgan fingerprint density at radius 1 is 1.53 bits per heavy atom. The van der Waals surface area contributed by atoms with Gasteiger partial charge in [0.25, 0.3) is 0 Å². The molecule has 1 aromatic heterocycles. The van der Waals surface area contributed by atoms with Crippen LogP contribution in [0, 0.1) is 0 Å². The summed E-state index contributed by atoms with van der Waals surface area (Å²) in [6.07, 6.45) is 2.78. The molecule has 0 aromatic carbocycles. The van der Waals surface area contributed by atoms with Crippen molar-refractivity contribution in [2.45, 2.75) is 13.8 Å². The van der Waals surface area contributed by atoms with Crippen LogP contribution in [0.25, 0.3) is 0 Å². The number of hydrogen-bond acceptors (Lipinski definition) is 3. The molecule has 0 saturated heterocycles. The molecule has 0 aliphatic carbocycles.